The van der Waals surface area contributed by atoms with E-state index in [4.69, 9.17) is 11.6 Å². The van der Waals surface area contributed by atoms with E-state index in [1.807, 2.05) is 6.07 Å². The Kier molecular flexibility index (Phi) is 6.11. The third-order valence-corrected chi connectivity index (χ3v) is 6.68. The molecule has 1 saturated heterocycles. The summed E-state index contributed by atoms with van der Waals surface area (Å²) in [6.45, 7) is 2.02. The molecule has 0 bridgehead atoms. The van der Waals surface area contributed by atoms with Crippen LogP contribution >= 0.6 is 11.6 Å². The molecule has 2 N–H and O–H groups in total. The lowest BCUT2D eigenvalue weighted by Gasteiger charge is -2.17. The molecule has 7 nitrogen and oxygen atoms in total. The van der Waals surface area contributed by atoms with Gasteiger partial charge < -0.3 is 10.2 Å². The van der Waals surface area contributed by atoms with Gasteiger partial charge in [-0.1, -0.05) is 29.8 Å². The number of carbonyl (C=O) groups is 1. The van der Waals surface area contributed by atoms with Crippen molar-refractivity contribution in [3.8, 4) is 0 Å². The predicted octanol–water partition coefficient (Wildman–Crippen LogP) is 4.39. The molecule has 1 fully saturated rings. The van der Waals surface area contributed by atoms with Gasteiger partial charge in [-0.3, -0.25) is 9.52 Å². The van der Waals surface area contributed by atoms with Crippen LogP contribution in [0.1, 0.15) is 23.2 Å². The molecule has 2 heterocycles. The van der Waals surface area contributed by atoms with Crippen LogP contribution in [0, 0.1) is 0 Å². The van der Waals surface area contributed by atoms with Crippen LogP contribution in [0.4, 0.5) is 17.2 Å². The van der Waals surface area contributed by atoms with Gasteiger partial charge in [-0.25, -0.2) is 13.4 Å². The fourth-order valence-electron chi connectivity index (χ4n) is 3.36. The van der Waals surface area contributed by atoms with E-state index in [1.165, 1.54) is 31.0 Å². The number of nitrogens with one attached hydrogen (secondary N) is 2. The Morgan fingerprint density at radius 2 is 1.77 bits per heavy atom. The maximum absolute atomic E-state index is 12.7. The highest BCUT2D eigenvalue weighted by Crippen LogP contribution is 2.25. The third kappa shape index (κ3) is 4.98. The first-order chi connectivity index (χ1) is 14.9. The minimum Gasteiger partial charge on any atom is -0.370 e. The molecule has 1 aromatic heterocycles. The second kappa shape index (κ2) is 8.95. The van der Waals surface area contributed by atoms with Crippen molar-refractivity contribution < 1.29 is 13.2 Å². The van der Waals surface area contributed by atoms with Gasteiger partial charge in [-0.05, 0) is 55.3 Å². The Bertz CT molecular complexity index is 1190. The van der Waals surface area contributed by atoms with Crippen LogP contribution in [-0.4, -0.2) is 32.4 Å². The van der Waals surface area contributed by atoms with Crippen molar-refractivity contribution in [2.24, 2.45) is 0 Å². The molecule has 31 heavy (non-hydrogen) atoms. The topological polar surface area (TPSA) is 91.4 Å². The van der Waals surface area contributed by atoms with Crippen molar-refractivity contribution in [2.75, 3.05) is 28.0 Å². The van der Waals surface area contributed by atoms with Crippen LogP contribution in [0.2, 0.25) is 5.02 Å². The van der Waals surface area contributed by atoms with Gasteiger partial charge >= 0.3 is 0 Å². The molecule has 3 aromatic rings. The van der Waals surface area contributed by atoms with E-state index < -0.39 is 15.9 Å². The molecule has 1 amide bonds. The number of amides is 1. The number of carbonyl (C=O) groups excluding carboxylic acids is 1. The van der Waals surface area contributed by atoms with E-state index in [1.54, 1.807) is 42.6 Å². The van der Waals surface area contributed by atoms with Gasteiger partial charge in [0.2, 0.25) is 0 Å². The first-order valence-corrected chi connectivity index (χ1v) is 11.7. The zero-order valence-corrected chi connectivity index (χ0v) is 18.2. The average Bonchev–Trinajstić information content (AvgIpc) is 3.31. The molecule has 4 rings (SSSR count). The van der Waals surface area contributed by atoms with Crippen LogP contribution in [0.3, 0.4) is 0 Å². The Hall–Kier alpha value is -3.10. The Balaban J connectivity index is 1.48. The van der Waals surface area contributed by atoms with Gasteiger partial charge in [0.15, 0.2) is 0 Å². The van der Waals surface area contributed by atoms with E-state index in [-0.39, 0.29) is 21.2 Å². The number of aromatic nitrogens is 1. The Labute approximate surface area is 186 Å². The summed E-state index contributed by atoms with van der Waals surface area (Å²) >= 11 is 6.04. The fraction of sp³-hybridized carbons (Fsp3) is 0.182. The molecule has 0 aliphatic carbocycles. The fourth-order valence-corrected chi connectivity index (χ4v) is 4.73. The average molecular weight is 457 g/mol. The largest absolute Gasteiger partial charge is 0.370 e. The molecular weight excluding hydrogens is 436 g/mol. The van der Waals surface area contributed by atoms with E-state index in [2.05, 4.69) is 19.9 Å². The lowest BCUT2D eigenvalue weighted by atomic mass is 10.2. The molecule has 0 radical (unpaired) electrons. The van der Waals surface area contributed by atoms with Crippen molar-refractivity contribution in [1.82, 2.24) is 4.98 Å². The van der Waals surface area contributed by atoms with Gasteiger partial charge in [0.1, 0.15) is 5.82 Å². The van der Waals surface area contributed by atoms with Crippen LogP contribution in [0.25, 0.3) is 0 Å². The third-order valence-electron chi connectivity index (χ3n) is 4.99. The van der Waals surface area contributed by atoms with Crippen LogP contribution < -0.4 is 14.9 Å². The highest BCUT2D eigenvalue weighted by atomic mass is 35.5. The summed E-state index contributed by atoms with van der Waals surface area (Å²) < 4.78 is 27.9. The predicted molar refractivity (Wildman–Crippen MR) is 122 cm³/mol. The molecule has 0 atom stereocenters. The quantitative estimate of drug-likeness (QED) is 0.574. The smallest absolute Gasteiger partial charge is 0.261 e. The minimum atomic E-state index is -3.92. The number of pyridine rings is 1. The summed E-state index contributed by atoms with van der Waals surface area (Å²) in [6, 6.07) is 16.0. The minimum absolute atomic E-state index is 0.0441. The zero-order valence-electron chi connectivity index (χ0n) is 16.6. The first-order valence-electron chi connectivity index (χ1n) is 9.82. The number of hydrogen-bond donors (Lipinski definition) is 2. The van der Waals surface area contributed by atoms with Crippen LogP contribution in [0.5, 0.6) is 0 Å². The molecule has 1 aliphatic rings. The van der Waals surface area contributed by atoms with Gasteiger partial charge in [0.05, 0.1) is 27.5 Å². The second-order valence-corrected chi connectivity index (χ2v) is 9.25. The van der Waals surface area contributed by atoms with Gasteiger partial charge in [0.25, 0.3) is 15.9 Å². The number of halogens is 1. The highest BCUT2D eigenvalue weighted by Gasteiger charge is 2.18. The Morgan fingerprint density at radius 1 is 1.00 bits per heavy atom. The maximum atomic E-state index is 12.7. The summed E-state index contributed by atoms with van der Waals surface area (Å²) in [5.74, 6) is -0.0494. The van der Waals surface area contributed by atoms with E-state index in [0.717, 1.165) is 18.8 Å². The summed E-state index contributed by atoms with van der Waals surface area (Å²) in [7, 11) is -3.92. The molecule has 0 spiro atoms. The van der Waals surface area contributed by atoms with E-state index in [9.17, 15) is 13.2 Å². The van der Waals surface area contributed by atoms with Crippen molar-refractivity contribution in [3.63, 3.8) is 0 Å². The summed E-state index contributed by atoms with van der Waals surface area (Å²) in [4.78, 5) is 19.2. The van der Waals surface area contributed by atoms with Gasteiger partial charge in [-0.15, -0.1) is 0 Å². The van der Waals surface area contributed by atoms with E-state index >= 15 is 0 Å². The van der Waals surface area contributed by atoms with Crippen molar-refractivity contribution in [1.29, 1.82) is 0 Å². The molecular formula is C22H21ClN4O3S. The summed E-state index contributed by atoms with van der Waals surface area (Å²) in [6.07, 6.45) is 4.07. The van der Waals surface area contributed by atoms with Gasteiger partial charge in [-0.2, -0.15) is 0 Å². The van der Waals surface area contributed by atoms with Crippen molar-refractivity contribution in [3.05, 3.63) is 77.4 Å². The normalized spacial score (nSPS) is 13.8. The number of sulfonamides is 1. The monoisotopic (exact) mass is 456 g/mol. The van der Waals surface area contributed by atoms with E-state index in [0.29, 0.717) is 5.82 Å². The molecule has 160 valence electrons. The number of hydrogen-bond acceptors (Lipinski definition) is 5. The maximum Gasteiger partial charge on any atom is 0.261 e. The molecule has 0 unspecified atom stereocenters. The van der Waals surface area contributed by atoms with Crippen LogP contribution in [0.15, 0.2) is 71.8 Å². The molecule has 1 aliphatic heterocycles. The standard InChI is InChI=1S/C22H21ClN4O3S/c23-19-8-1-2-9-20(19)26-31(29,30)18-7-5-6-16(14-18)22(28)25-21-11-10-17(15-24-21)27-12-3-4-13-27/h1-2,5-11,14-15,26H,3-4,12-13H2,(H,24,25,28). The lowest BCUT2D eigenvalue weighted by Crippen LogP contribution is -2.18. The highest BCUT2D eigenvalue weighted by molar-refractivity contribution is 7.92. The lowest BCUT2D eigenvalue weighted by molar-refractivity contribution is 0.102. The van der Waals surface area contributed by atoms with Crippen molar-refractivity contribution in [2.45, 2.75) is 17.7 Å². The second-order valence-electron chi connectivity index (χ2n) is 7.16. The number of benzene rings is 2. The number of para-hydroxylation sites is 1. The van der Waals surface area contributed by atoms with Crippen LogP contribution in [-0.2, 0) is 10.0 Å². The van der Waals surface area contributed by atoms with Crippen molar-refractivity contribution >= 4 is 44.7 Å². The Morgan fingerprint density at radius 3 is 2.48 bits per heavy atom. The summed E-state index contributed by atoms with van der Waals surface area (Å²) in [5, 5.41) is 2.99. The molecule has 0 saturated carbocycles. The number of anilines is 3. The first kappa shape index (κ1) is 21.1. The SMILES string of the molecule is O=C(Nc1ccc(N2CCCC2)cn1)c1cccc(S(=O)(=O)Nc2ccccc2Cl)c1. The number of nitrogens with zero attached hydrogens (tertiary/aromatic N) is 2. The summed E-state index contributed by atoms with van der Waals surface area (Å²) in [5.41, 5.74) is 1.49. The molecule has 2 aromatic carbocycles. The molecule has 9 heteroatoms. The van der Waals surface area contributed by atoms with Gasteiger partial charge in [0, 0.05) is 18.7 Å². The zero-order chi connectivity index (χ0) is 21.8. The number of rotatable bonds is 6.